The van der Waals surface area contributed by atoms with Crippen molar-refractivity contribution < 1.29 is 9.59 Å². The summed E-state index contributed by atoms with van der Waals surface area (Å²) in [5.41, 5.74) is 7.77. The van der Waals surface area contributed by atoms with E-state index in [9.17, 15) is 9.59 Å². The molecule has 21 heavy (non-hydrogen) atoms. The lowest BCUT2D eigenvalue weighted by Crippen LogP contribution is -2.52. The van der Waals surface area contributed by atoms with Gasteiger partial charge in [0, 0.05) is 18.3 Å². The highest BCUT2D eigenvalue weighted by atomic mass is 16.2. The van der Waals surface area contributed by atoms with E-state index in [1.165, 1.54) is 6.92 Å². The van der Waals surface area contributed by atoms with Crippen LogP contribution in [0.15, 0.2) is 18.2 Å². The third kappa shape index (κ3) is 3.82. The van der Waals surface area contributed by atoms with Crippen molar-refractivity contribution in [2.24, 2.45) is 5.73 Å². The van der Waals surface area contributed by atoms with Crippen molar-refractivity contribution in [1.29, 1.82) is 0 Å². The number of amides is 2. The van der Waals surface area contributed by atoms with E-state index in [1.54, 1.807) is 6.07 Å². The number of anilines is 2. The van der Waals surface area contributed by atoms with Crippen molar-refractivity contribution in [2.75, 3.05) is 10.6 Å². The predicted molar refractivity (Wildman–Crippen MR) is 84.1 cm³/mol. The van der Waals surface area contributed by atoms with Gasteiger partial charge in [-0.3, -0.25) is 9.59 Å². The molecule has 1 saturated carbocycles. The number of aryl methyl sites for hydroxylation is 1. The summed E-state index contributed by atoms with van der Waals surface area (Å²) in [6.45, 7) is 3.37. The van der Waals surface area contributed by atoms with Crippen LogP contribution in [0.5, 0.6) is 0 Å². The minimum absolute atomic E-state index is 0.134. The number of benzene rings is 1. The second kappa shape index (κ2) is 6.26. The number of hydrogen-bond donors (Lipinski definition) is 3. The Kier molecular flexibility index (Phi) is 4.63. The average molecular weight is 289 g/mol. The molecule has 5 heteroatoms. The van der Waals surface area contributed by atoms with Gasteiger partial charge in [-0.2, -0.15) is 0 Å². The molecule has 4 N–H and O–H groups in total. The minimum Gasteiger partial charge on any atom is -0.326 e. The fraction of sp³-hybridized carbons (Fsp3) is 0.500. The van der Waals surface area contributed by atoms with Gasteiger partial charge >= 0.3 is 0 Å². The molecule has 1 fully saturated rings. The first-order valence-electron chi connectivity index (χ1n) is 7.39. The van der Waals surface area contributed by atoms with Crippen molar-refractivity contribution in [3.8, 4) is 0 Å². The highest BCUT2D eigenvalue weighted by Crippen LogP contribution is 2.28. The molecule has 0 bridgehead atoms. The quantitative estimate of drug-likeness (QED) is 0.799. The van der Waals surface area contributed by atoms with E-state index >= 15 is 0 Å². The summed E-state index contributed by atoms with van der Waals surface area (Å²) in [6, 6.07) is 5.44. The van der Waals surface area contributed by atoms with Crippen LogP contribution >= 0.6 is 0 Å². The van der Waals surface area contributed by atoms with Crippen molar-refractivity contribution >= 4 is 23.2 Å². The van der Waals surface area contributed by atoms with Gasteiger partial charge < -0.3 is 16.4 Å². The molecule has 0 aliphatic heterocycles. The topological polar surface area (TPSA) is 84.2 Å². The molecule has 114 valence electrons. The molecule has 1 aromatic carbocycles. The van der Waals surface area contributed by atoms with E-state index in [0.717, 1.165) is 37.7 Å². The van der Waals surface area contributed by atoms with Gasteiger partial charge in [0.1, 0.15) is 0 Å². The summed E-state index contributed by atoms with van der Waals surface area (Å²) in [6.07, 6.45) is 4.58. The van der Waals surface area contributed by atoms with Crippen molar-refractivity contribution in [3.05, 3.63) is 23.8 Å². The van der Waals surface area contributed by atoms with Crippen LogP contribution in [0.2, 0.25) is 0 Å². The molecule has 0 aromatic heterocycles. The van der Waals surface area contributed by atoms with Crippen LogP contribution in [0.1, 0.15) is 44.6 Å². The van der Waals surface area contributed by atoms with Gasteiger partial charge in [-0.05, 0) is 37.5 Å². The van der Waals surface area contributed by atoms with Gasteiger partial charge in [0.25, 0.3) is 0 Å². The number of nitrogens with two attached hydrogens (primary N) is 1. The van der Waals surface area contributed by atoms with Crippen molar-refractivity contribution in [1.82, 2.24) is 0 Å². The molecule has 0 saturated heterocycles. The highest BCUT2D eigenvalue weighted by Gasteiger charge is 2.35. The Morgan fingerprint density at radius 2 is 1.81 bits per heavy atom. The first kappa shape index (κ1) is 15.5. The van der Waals surface area contributed by atoms with Crippen LogP contribution in [0.25, 0.3) is 0 Å². The molecule has 2 amide bonds. The summed E-state index contributed by atoms with van der Waals surface area (Å²) in [5.74, 6) is -0.274. The van der Waals surface area contributed by atoms with E-state index in [0.29, 0.717) is 11.4 Å². The molecule has 1 aromatic rings. The summed E-state index contributed by atoms with van der Waals surface area (Å²) in [5, 5.41) is 5.63. The molecular formula is C16H23N3O2. The van der Waals surface area contributed by atoms with E-state index < -0.39 is 5.54 Å². The predicted octanol–water partition coefficient (Wildman–Crippen LogP) is 2.55. The molecule has 0 atom stereocenters. The molecule has 2 rings (SSSR count). The lowest BCUT2D eigenvalue weighted by molar-refractivity contribution is -0.122. The molecule has 1 aliphatic carbocycles. The third-order valence-electron chi connectivity index (χ3n) is 4.00. The van der Waals surface area contributed by atoms with Gasteiger partial charge in [0.05, 0.1) is 5.54 Å². The first-order chi connectivity index (χ1) is 9.90. The van der Waals surface area contributed by atoms with Gasteiger partial charge in [0.2, 0.25) is 11.8 Å². The minimum atomic E-state index is -0.769. The molecule has 0 spiro atoms. The normalized spacial score (nSPS) is 17.1. The molecule has 0 unspecified atom stereocenters. The Hall–Kier alpha value is -1.88. The zero-order chi connectivity index (χ0) is 15.5. The lowest BCUT2D eigenvalue weighted by atomic mass is 9.82. The zero-order valence-electron chi connectivity index (χ0n) is 12.7. The van der Waals surface area contributed by atoms with Crippen LogP contribution in [-0.2, 0) is 9.59 Å². The van der Waals surface area contributed by atoms with Crippen molar-refractivity contribution in [3.63, 3.8) is 0 Å². The summed E-state index contributed by atoms with van der Waals surface area (Å²) in [4.78, 5) is 23.6. The standard InChI is InChI=1S/C16H23N3O2/c1-11-6-7-13(18-12(2)20)10-14(11)19-15(21)16(17)8-4-3-5-9-16/h6-7,10H,3-5,8-9,17H2,1-2H3,(H,18,20)(H,19,21). The van der Waals surface area contributed by atoms with Gasteiger partial charge in [-0.25, -0.2) is 0 Å². The molecule has 0 radical (unpaired) electrons. The molecular weight excluding hydrogens is 266 g/mol. The van der Waals surface area contributed by atoms with Gasteiger partial charge in [0.15, 0.2) is 0 Å². The Balaban J connectivity index is 2.14. The van der Waals surface area contributed by atoms with Crippen molar-refractivity contribution in [2.45, 2.75) is 51.5 Å². The van der Waals surface area contributed by atoms with E-state index in [-0.39, 0.29) is 11.8 Å². The summed E-state index contributed by atoms with van der Waals surface area (Å²) in [7, 11) is 0. The number of carbonyl (C=O) groups excluding carboxylic acids is 2. The summed E-state index contributed by atoms with van der Waals surface area (Å²) < 4.78 is 0. The van der Waals surface area contributed by atoms with E-state index in [2.05, 4.69) is 10.6 Å². The smallest absolute Gasteiger partial charge is 0.244 e. The molecule has 0 heterocycles. The fourth-order valence-corrected chi connectivity index (χ4v) is 2.69. The van der Waals surface area contributed by atoms with Crippen LogP contribution in [0.4, 0.5) is 11.4 Å². The van der Waals surface area contributed by atoms with Crippen LogP contribution in [-0.4, -0.2) is 17.4 Å². The monoisotopic (exact) mass is 289 g/mol. The second-order valence-electron chi connectivity index (χ2n) is 5.88. The van der Waals surface area contributed by atoms with Crippen LogP contribution in [0.3, 0.4) is 0 Å². The Labute approximate surface area is 125 Å². The largest absolute Gasteiger partial charge is 0.326 e. The van der Waals surface area contributed by atoms with Gasteiger partial charge in [-0.1, -0.05) is 25.3 Å². The molecule has 1 aliphatic rings. The first-order valence-corrected chi connectivity index (χ1v) is 7.39. The number of carbonyl (C=O) groups is 2. The van der Waals surface area contributed by atoms with Crippen LogP contribution in [0, 0.1) is 6.92 Å². The lowest BCUT2D eigenvalue weighted by Gasteiger charge is -2.32. The van der Waals surface area contributed by atoms with Crippen LogP contribution < -0.4 is 16.4 Å². The zero-order valence-corrected chi connectivity index (χ0v) is 12.7. The second-order valence-corrected chi connectivity index (χ2v) is 5.88. The maximum absolute atomic E-state index is 12.5. The Morgan fingerprint density at radius 3 is 2.43 bits per heavy atom. The third-order valence-corrected chi connectivity index (χ3v) is 4.00. The fourth-order valence-electron chi connectivity index (χ4n) is 2.69. The average Bonchev–Trinajstić information content (AvgIpc) is 2.42. The maximum Gasteiger partial charge on any atom is 0.244 e. The van der Waals surface area contributed by atoms with E-state index in [4.69, 9.17) is 5.73 Å². The number of rotatable bonds is 3. The van der Waals surface area contributed by atoms with Gasteiger partial charge in [-0.15, -0.1) is 0 Å². The maximum atomic E-state index is 12.5. The number of nitrogens with one attached hydrogen (secondary N) is 2. The number of hydrogen-bond acceptors (Lipinski definition) is 3. The SMILES string of the molecule is CC(=O)Nc1ccc(C)c(NC(=O)C2(N)CCCCC2)c1. The van der Waals surface area contributed by atoms with E-state index in [1.807, 2.05) is 19.1 Å². The highest BCUT2D eigenvalue weighted by molar-refractivity contribution is 5.99. The summed E-state index contributed by atoms with van der Waals surface area (Å²) >= 11 is 0. The Bertz CT molecular complexity index is 548. The molecule has 5 nitrogen and oxygen atoms in total. The Morgan fingerprint density at radius 1 is 1.14 bits per heavy atom.